The zero-order valence-electron chi connectivity index (χ0n) is 16.2. The van der Waals surface area contributed by atoms with Crippen molar-refractivity contribution in [1.29, 1.82) is 0 Å². The predicted molar refractivity (Wildman–Crippen MR) is 109 cm³/mol. The third-order valence-electron chi connectivity index (χ3n) is 4.73. The van der Waals surface area contributed by atoms with Crippen molar-refractivity contribution < 1.29 is 14.3 Å². The number of carbonyl (C=O) groups is 1. The Morgan fingerprint density at radius 2 is 1.93 bits per heavy atom. The van der Waals surface area contributed by atoms with Crippen molar-refractivity contribution in [3.63, 3.8) is 0 Å². The van der Waals surface area contributed by atoms with Crippen LogP contribution in [-0.2, 0) is 13.0 Å². The standard InChI is InChI=1S/C22H22N4O3/c1-26(12-9-18-6-2-3-10-23-18)21-17(5-4-11-24-21)14-25-22(27)16-7-8-19-20(13-16)29-15-28-19/h2-8,10-11,13H,9,12,14-15H2,1H3,(H,25,27). The highest BCUT2D eigenvalue weighted by atomic mass is 16.7. The van der Waals surface area contributed by atoms with Crippen LogP contribution >= 0.6 is 0 Å². The lowest BCUT2D eigenvalue weighted by Crippen LogP contribution is -2.27. The number of rotatable bonds is 7. The molecular weight excluding hydrogens is 368 g/mol. The van der Waals surface area contributed by atoms with Crippen molar-refractivity contribution in [2.24, 2.45) is 0 Å². The summed E-state index contributed by atoms with van der Waals surface area (Å²) in [7, 11) is 1.99. The number of hydrogen-bond acceptors (Lipinski definition) is 6. The van der Waals surface area contributed by atoms with Crippen LogP contribution in [0, 0.1) is 0 Å². The minimum Gasteiger partial charge on any atom is -0.454 e. The molecule has 1 aromatic carbocycles. The average molecular weight is 390 g/mol. The molecule has 0 radical (unpaired) electrons. The molecule has 0 bridgehead atoms. The van der Waals surface area contributed by atoms with Gasteiger partial charge in [0.25, 0.3) is 5.91 Å². The normalized spacial score (nSPS) is 11.9. The number of pyridine rings is 2. The number of carbonyl (C=O) groups excluding carboxylic acids is 1. The van der Waals surface area contributed by atoms with Crippen molar-refractivity contribution >= 4 is 11.7 Å². The number of benzene rings is 1. The van der Waals surface area contributed by atoms with Crippen LogP contribution in [0.15, 0.2) is 60.9 Å². The molecule has 3 heterocycles. The fraction of sp³-hybridized carbons (Fsp3) is 0.227. The summed E-state index contributed by atoms with van der Waals surface area (Å²) in [6.45, 7) is 1.34. The second kappa shape index (κ2) is 8.60. The third kappa shape index (κ3) is 4.45. The number of amides is 1. The van der Waals surface area contributed by atoms with Gasteiger partial charge in [-0.2, -0.15) is 0 Å². The maximum Gasteiger partial charge on any atom is 0.251 e. The van der Waals surface area contributed by atoms with Crippen LogP contribution < -0.4 is 19.7 Å². The van der Waals surface area contributed by atoms with Gasteiger partial charge in [0, 0.05) is 55.8 Å². The van der Waals surface area contributed by atoms with Gasteiger partial charge in [-0.15, -0.1) is 0 Å². The van der Waals surface area contributed by atoms with E-state index >= 15 is 0 Å². The van der Waals surface area contributed by atoms with Gasteiger partial charge in [0.05, 0.1) is 0 Å². The highest BCUT2D eigenvalue weighted by Crippen LogP contribution is 2.32. The van der Waals surface area contributed by atoms with Gasteiger partial charge >= 0.3 is 0 Å². The number of ether oxygens (including phenoxy) is 2. The SMILES string of the molecule is CN(CCc1ccccn1)c1ncccc1CNC(=O)c1ccc2c(c1)OCO2. The monoisotopic (exact) mass is 390 g/mol. The summed E-state index contributed by atoms with van der Waals surface area (Å²) >= 11 is 0. The molecule has 1 aliphatic rings. The molecule has 0 aliphatic carbocycles. The molecule has 0 saturated carbocycles. The number of nitrogens with zero attached hydrogens (tertiary/aromatic N) is 3. The van der Waals surface area contributed by atoms with Crippen molar-refractivity contribution in [2.75, 3.05) is 25.3 Å². The van der Waals surface area contributed by atoms with Gasteiger partial charge in [0.1, 0.15) is 5.82 Å². The van der Waals surface area contributed by atoms with Crippen LogP contribution in [0.25, 0.3) is 0 Å². The predicted octanol–water partition coefficient (Wildman–Crippen LogP) is 2.81. The summed E-state index contributed by atoms with van der Waals surface area (Å²) in [4.78, 5) is 23.5. The van der Waals surface area contributed by atoms with E-state index in [-0.39, 0.29) is 12.7 Å². The molecule has 7 nitrogen and oxygen atoms in total. The van der Waals surface area contributed by atoms with E-state index < -0.39 is 0 Å². The van der Waals surface area contributed by atoms with Crippen molar-refractivity contribution in [3.8, 4) is 11.5 Å². The maximum absolute atomic E-state index is 12.6. The summed E-state index contributed by atoms with van der Waals surface area (Å²) < 4.78 is 10.6. The second-order valence-electron chi connectivity index (χ2n) is 6.73. The highest BCUT2D eigenvalue weighted by molar-refractivity contribution is 5.95. The number of aromatic nitrogens is 2. The van der Waals surface area contributed by atoms with Gasteiger partial charge < -0.3 is 19.7 Å². The molecule has 1 amide bonds. The van der Waals surface area contributed by atoms with Gasteiger partial charge in [-0.05, 0) is 36.4 Å². The Kier molecular flexibility index (Phi) is 5.56. The molecule has 2 aromatic heterocycles. The molecule has 1 N–H and O–H groups in total. The van der Waals surface area contributed by atoms with Crippen LogP contribution in [0.2, 0.25) is 0 Å². The Hall–Kier alpha value is -3.61. The van der Waals surface area contributed by atoms with E-state index in [0.717, 1.165) is 30.0 Å². The lowest BCUT2D eigenvalue weighted by molar-refractivity contribution is 0.0950. The fourth-order valence-electron chi connectivity index (χ4n) is 3.16. The first-order valence-electron chi connectivity index (χ1n) is 9.43. The molecule has 1 aliphatic heterocycles. The van der Waals surface area contributed by atoms with Crippen LogP contribution in [0.5, 0.6) is 11.5 Å². The minimum absolute atomic E-state index is 0.172. The summed E-state index contributed by atoms with van der Waals surface area (Å²) in [6, 6.07) is 14.9. The number of nitrogens with one attached hydrogen (secondary N) is 1. The Bertz CT molecular complexity index is 994. The molecule has 0 fully saturated rings. The molecule has 7 heteroatoms. The van der Waals surface area contributed by atoms with Crippen LogP contribution in [-0.4, -0.2) is 36.3 Å². The molecule has 0 spiro atoms. The number of likely N-dealkylation sites (N-methyl/N-ethyl adjacent to an activating group) is 1. The van der Waals surface area contributed by atoms with Gasteiger partial charge in [-0.3, -0.25) is 9.78 Å². The minimum atomic E-state index is -0.172. The largest absolute Gasteiger partial charge is 0.454 e. The molecular formula is C22H22N4O3. The molecule has 3 aromatic rings. The van der Waals surface area contributed by atoms with Crippen molar-refractivity contribution in [3.05, 3.63) is 77.7 Å². The second-order valence-corrected chi connectivity index (χ2v) is 6.73. The Morgan fingerprint density at radius 1 is 1.07 bits per heavy atom. The smallest absolute Gasteiger partial charge is 0.251 e. The van der Waals surface area contributed by atoms with E-state index in [4.69, 9.17) is 9.47 Å². The fourth-order valence-corrected chi connectivity index (χ4v) is 3.16. The summed E-state index contributed by atoms with van der Waals surface area (Å²) in [5, 5.41) is 2.96. The zero-order valence-corrected chi connectivity index (χ0v) is 16.2. The third-order valence-corrected chi connectivity index (χ3v) is 4.73. The number of anilines is 1. The molecule has 148 valence electrons. The lowest BCUT2D eigenvalue weighted by Gasteiger charge is -2.21. The van der Waals surface area contributed by atoms with Crippen molar-refractivity contribution in [1.82, 2.24) is 15.3 Å². The van der Waals surface area contributed by atoms with Gasteiger partial charge in [-0.1, -0.05) is 12.1 Å². The molecule has 0 unspecified atom stereocenters. The summed E-state index contributed by atoms with van der Waals surface area (Å²) in [5.74, 6) is 1.92. The molecule has 0 atom stereocenters. The number of fused-ring (bicyclic) bond motifs is 1. The molecule has 0 saturated heterocycles. The van der Waals surface area contributed by atoms with E-state index in [1.807, 2.05) is 37.4 Å². The van der Waals surface area contributed by atoms with Gasteiger partial charge in [0.15, 0.2) is 11.5 Å². The van der Waals surface area contributed by atoms with E-state index in [1.54, 1.807) is 30.6 Å². The van der Waals surface area contributed by atoms with Crippen molar-refractivity contribution in [2.45, 2.75) is 13.0 Å². The summed E-state index contributed by atoms with van der Waals surface area (Å²) in [5.41, 5.74) is 2.52. The first-order chi connectivity index (χ1) is 14.2. The highest BCUT2D eigenvalue weighted by Gasteiger charge is 2.17. The van der Waals surface area contributed by atoms with E-state index in [9.17, 15) is 4.79 Å². The summed E-state index contributed by atoms with van der Waals surface area (Å²) in [6.07, 6.45) is 4.37. The quantitative estimate of drug-likeness (QED) is 0.669. The Morgan fingerprint density at radius 3 is 2.79 bits per heavy atom. The number of hydrogen-bond donors (Lipinski definition) is 1. The van der Waals surface area contributed by atoms with E-state index in [0.29, 0.717) is 23.6 Å². The first-order valence-corrected chi connectivity index (χ1v) is 9.43. The van der Waals surface area contributed by atoms with E-state index in [1.165, 1.54) is 0 Å². The first kappa shape index (κ1) is 18.7. The Labute approximate surface area is 169 Å². The van der Waals surface area contributed by atoms with Crippen LogP contribution in [0.1, 0.15) is 21.6 Å². The van der Waals surface area contributed by atoms with Gasteiger partial charge in [0.2, 0.25) is 6.79 Å². The molecule has 29 heavy (non-hydrogen) atoms. The van der Waals surface area contributed by atoms with Crippen LogP contribution in [0.3, 0.4) is 0 Å². The van der Waals surface area contributed by atoms with Gasteiger partial charge in [-0.25, -0.2) is 4.98 Å². The van der Waals surface area contributed by atoms with Crippen LogP contribution in [0.4, 0.5) is 5.82 Å². The van der Waals surface area contributed by atoms with E-state index in [2.05, 4.69) is 20.2 Å². The lowest BCUT2D eigenvalue weighted by atomic mass is 10.1. The maximum atomic E-state index is 12.6. The average Bonchev–Trinajstić information content (AvgIpc) is 3.24. The zero-order chi connectivity index (χ0) is 20.1. The topological polar surface area (TPSA) is 76.6 Å². The Balaban J connectivity index is 1.39. The molecule has 4 rings (SSSR count).